The van der Waals surface area contributed by atoms with Gasteiger partial charge in [0.2, 0.25) is 0 Å². The molecule has 0 aromatic carbocycles. The van der Waals surface area contributed by atoms with E-state index >= 15 is 0 Å². The zero-order valence-corrected chi connectivity index (χ0v) is 22.2. The minimum absolute atomic E-state index is 1.21. The topological polar surface area (TPSA) is 0 Å². The summed E-state index contributed by atoms with van der Waals surface area (Å²) in [5.41, 5.74) is 0. The average Bonchev–Trinajstić information content (AvgIpc) is 3.53. The number of thioether (sulfide) groups is 2. The molecular weight excluding hydrogens is 481 g/mol. The van der Waals surface area contributed by atoms with Crippen LogP contribution in [0.3, 0.4) is 0 Å². The second kappa shape index (κ2) is 11.4. The first-order valence-electron chi connectivity index (χ1n) is 10.4. The Morgan fingerprint density at radius 1 is 0.600 bits per heavy atom. The molecule has 158 valence electrons. The molecule has 4 rings (SSSR count). The van der Waals surface area contributed by atoms with Gasteiger partial charge in [-0.3, -0.25) is 0 Å². The molecule has 0 nitrogen and oxygen atoms in total. The van der Waals surface area contributed by atoms with E-state index in [-0.39, 0.29) is 0 Å². The van der Waals surface area contributed by atoms with Crippen molar-refractivity contribution >= 4 is 68.9 Å². The van der Waals surface area contributed by atoms with Crippen molar-refractivity contribution in [2.75, 3.05) is 11.5 Å². The number of unbranched alkanes of at least 4 members (excludes halogenated alkanes) is 2. The first kappa shape index (κ1) is 22.7. The van der Waals surface area contributed by atoms with Crippen LogP contribution in [-0.4, -0.2) is 11.5 Å². The fourth-order valence-corrected chi connectivity index (χ4v) is 10.0. The van der Waals surface area contributed by atoms with E-state index in [1.807, 2.05) is 68.9 Å². The molecule has 0 aliphatic heterocycles. The molecule has 6 heteroatoms. The van der Waals surface area contributed by atoms with Gasteiger partial charge in [-0.1, -0.05) is 26.7 Å². The average molecular weight is 507 g/mol. The number of hydrogen-bond acceptors (Lipinski definition) is 6. The predicted molar refractivity (Wildman–Crippen MR) is 146 cm³/mol. The third-order valence-corrected chi connectivity index (χ3v) is 11.8. The van der Waals surface area contributed by atoms with Gasteiger partial charge in [0.1, 0.15) is 0 Å². The molecule has 0 aliphatic carbocycles. The molecule has 0 fully saturated rings. The lowest BCUT2D eigenvalue weighted by molar-refractivity contribution is 0.896. The van der Waals surface area contributed by atoms with E-state index in [0.717, 1.165) is 0 Å². The number of hydrogen-bond donors (Lipinski definition) is 0. The first-order valence-corrected chi connectivity index (χ1v) is 15.8. The van der Waals surface area contributed by atoms with Crippen LogP contribution in [-0.2, 0) is 0 Å². The fraction of sp³-hybridized carbons (Fsp3) is 0.333. The van der Waals surface area contributed by atoms with Crippen LogP contribution in [0.1, 0.15) is 39.5 Å². The van der Waals surface area contributed by atoms with Crippen LogP contribution in [0.4, 0.5) is 0 Å². The van der Waals surface area contributed by atoms with Gasteiger partial charge in [-0.15, -0.1) is 68.9 Å². The lowest BCUT2D eigenvalue weighted by Crippen LogP contribution is -1.77. The normalized spacial score (nSPS) is 11.4. The van der Waals surface area contributed by atoms with Gasteiger partial charge in [0, 0.05) is 29.3 Å². The molecule has 0 saturated heterocycles. The van der Waals surface area contributed by atoms with E-state index in [2.05, 4.69) is 61.0 Å². The SMILES string of the molecule is CCCCSc1ccsc1-c1ccc(-c2ccc(-c3sccc3SCCCC)s2)s1. The van der Waals surface area contributed by atoms with Crippen molar-refractivity contribution < 1.29 is 0 Å². The fourth-order valence-electron chi connectivity index (χ4n) is 3.02. The molecular formula is C24H26S6. The van der Waals surface area contributed by atoms with Crippen molar-refractivity contribution in [3.05, 3.63) is 47.2 Å². The van der Waals surface area contributed by atoms with Gasteiger partial charge in [-0.05, 0) is 71.5 Å². The molecule has 0 bridgehead atoms. The zero-order valence-electron chi connectivity index (χ0n) is 17.3. The number of thiophene rings is 4. The van der Waals surface area contributed by atoms with Gasteiger partial charge in [0.15, 0.2) is 0 Å². The zero-order chi connectivity index (χ0) is 20.8. The van der Waals surface area contributed by atoms with E-state index in [9.17, 15) is 0 Å². The summed E-state index contributed by atoms with van der Waals surface area (Å²) in [6.07, 6.45) is 5.10. The second-order valence-corrected chi connectivity index (χ2v) is 13.2. The molecule has 0 radical (unpaired) electrons. The van der Waals surface area contributed by atoms with E-state index in [4.69, 9.17) is 0 Å². The highest BCUT2D eigenvalue weighted by Crippen LogP contribution is 2.46. The molecule has 30 heavy (non-hydrogen) atoms. The van der Waals surface area contributed by atoms with Crippen molar-refractivity contribution in [3.8, 4) is 29.3 Å². The Morgan fingerprint density at radius 3 is 1.47 bits per heavy atom. The molecule has 0 spiro atoms. The number of rotatable bonds is 11. The third-order valence-electron chi connectivity index (χ3n) is 4.67. The molecule has 0 unspecified atom stereocenters. The Hall–Kier alpha value is -0.500. The minimum atomic E-state index is 1.21. The summed E-state index contributed by atoms with van der Waals surface area (Å²) in [6.45, 7) is 4.53. The highest BCUT2D eigenvalue weighted by Gasteiger charge is 2.14. The highest BCUT2D eigenvalue weighted by molar-refractivity contribution is 7.99. The standard InChI is InChI=1S/C24H26S6/c1-3-5-13-25-19-11-15-27-23(19)21-9-7-17(29-21)18-8-10-22(30-18)24-20(12-16-28-24)26-14-6-4-2/h7-12,15-16H,3-6,13-14H2,1-2H3. The maximum atomic E-state index is 2.31. The molecule has 4 aromatic rings. The van der Waals surface area contributed by atoms with Crippen LogP contribution in [0.25, 0.3) is 29.3 Å². The van der Waals surface area contributed by atoms with Gasteiger partial charge in [-0.25, -0.2) is 0 Å². The van der Waals surface area contributed by atoms with E-state index in [1.165, 1.54) is 76.2 Å². The van der Waals surface area contributed by atoms with Gasteiger partial charge in [0.25, 0.3) is 0 Å². The second-order valence-electron chi connectivity index (χ2n) is 6.96. The molecule has 0 N–H and O–H groups in total. The summed E-state index contributed by atoms with van der Waals surface area (Å²) in [4.78, 5) is 11.4. The monoisotopic (exact) mass is 506 g/mol. The molecule has 0 saturated carbocycles. The largest absolute Gasteiger partial charge is 0.142 e. The van der Waals surface area contributed by atoms with Crippen molar-refractivity contribution in [2.24, 2.45) is 0 Å². The first-order chi connectivity index (χ1) is 14.8. The van der Waals surface area contributed by atoms with Crippen LogP contribution >= 0.6 is 68.9 Å². The lowest BCUT2D eigenvalue weighted by Gasteiger charge is -2.01. The Labute approximate surface area is 204 Å². The van der Waals surface area contributed by atoms with Gasteiger partial charge in [-0.2, -0.15) is 0 Å². The summed E-state index contributed by atoms with van der Waals surface area (Å²) in [7, 11) is 0. The smallest absolute Gasteiger partial charge is 0.0578 e. The molecule has 4 aromatic heterocycles. The third kappa shape index (κ3) is 5.45. The Balaban J connectivity index is 1.50. The molecule has 0 atom stereocenters. The Kier molecular flexibility index (Phi) is 8.61. The van der Waals surface area contributed by atoms with Gasteiger partial charge < -0.3 is 0 Å². The predicted octanol–water partition coefficient (Wildman–Crippen LogP) is 10.7. The summed E-state index contributed by atoms with van der Waals surface area (Å²) in [6, 6.07) is 13.8. The molecule has 0 aliphatic rings. The van der Waals surface area contributed by atoms with Crippen LogP contribution in [0.5, 0.6) is 0 Å². The maximum Gasteiger partial charge on any atom is 0.0578 e. The Morgan fingerprint density at radius 2 is 1.03 bits per heavy atom. The van der Waals surface area contributed by atoms with E-state index in [0.29, 0.717) is 0 Å². The summed E-state index contributed by atoms with van der Waals surface area (Å²) in [5.74, 6) is 2.43. The van der Waals surface area contributed by atoms with Gasteiger partial charge >= 0.3 is 0 Å². The van der Waals surface area contributed by atoms with Crippen LogP contribution in [0.15, 0.2) is 56.9 Å². The summed E-state index contributed by atoms with van der Waals surface area (Å²) in [5, 5.41) is 4.47. The van der Waals surface area contributed by atoms with Crippen LogP contribution in [0.2, 0.25) is 0 Å². The van der Waals surface area contributed by atoms with Crippen LogP contribution < -0.4 is 0 Å². The summed E-state index contributed by atoms with van der Waals surface area (Å²) >= 11 is 11.6. The lowest BCUT2D eigenvalue weighted by atomic mass is 10.3. The summed E-state index contributed by atoms with van der Waals surface area (Å²) < 4.78 is 0. The van der Waals surface area contributed by atoms with Crippen molar-refractivity contribution in [1.29, 1.82) is 0 Å². The molecule has 0 amide bonds. The Bertz CT molecular complexity index is 963. The minimum Gasteiger partial charge on any atom is -0.142 e. The quantitative estimate of drug-likeness (QED) is 0.146. The van der Waals surface area contributed by atoms with E-state index in [1.54, 1.807) is 0 Å². The van der Waals surface area contributed by atoms with Crippen molar-refractivity contribution in [2.45, 2.75) is 49.3 Å². The van der Waals surface area contributed by atoms with Crippen LogP contribution in [0, 0.1) is 0 Å². The highest BCUT2D eigenvalue weighted by atomic mass is 32.2. The maximum absolute atomic E-state index is 2.31. The van der Waals surface area contributed by atoms with E-state index < -0.39 is 0 Å². The van der Waals surface area contributed by atoms with Gasteiger partial charge in [0.05, 0.1) is 9.75 Å². The van der Waals surface area contributed by atoms with Crippen molar-refractivity contribution in [1.82, 2.24) is 0 Å². The molecule has 4 heterocycles. The van der Waals surface area contributed by atoms with Crippen molar-refractivity contribution in [3.63, 3.8) is 0 Å².